The largest absolute Gasteiger partial charge is 0.497 e. The Bertz CT molecular complexity index is 650. The van der Waals surface area contributed by atoms with Gasteiger partial charge in [0, 0.05) is 11.3 Å². The normalized spacial score (nSPS) is 15.0. The van der Waals surface area contributed by atoms with Crippen molar-refractivity contribution in [1.82, 2.24) is 0 Å². The molecule has 0 aromatic heterocycles. The van der Waals surface area contributed by atoms with Crippen LogP contribution >= 0.6 is 0 Å². The molecule has 0 spiro atoms. The molecule has 0 radical (unpaired) electrons. The fourth-order valence-corrected chi connectivity index (χ4v) is 2.59. The van der Waals surface area contributed by atoms with Gasteiger partial charge in [-0.05, 0) is 54.7 Å². The number of nitrogens with one attached hydrogen (secondary N) is 1. The van der Waals surface area contributed by atoms with E-state index in [0.29, 0.717) is 12.0 Å². The van der Waals surface area contributed by atoms with Crippen LogP contribution in [0.1, 0.15) is 30.0 Å². The molecule has 1 N–H and O–H groups in total. The number of anilines is 1. The molecule has 0 saturated heterocycles. The van der Waals surface area contributed by atoms with Crippen LogP contribution in [0.3, 0.4) is 0 Å². The van der Waals surface area contributed by atoms with Gasteiger partial charge in [-0.1, -0.05) is 24.1 Å². The Balaban J connectivity index is 1.82. The Labute approximate surface area is 126 Å². The van der Waals surface area contributed by atoms with Gasteiger partial charge in [0.2, 0.25) is 0 Å². The maximum absolute atomic E-state index is 5.47. The third kappa shape index (κ3) is 3.20. The van der Waals surface area contributed by atoms with Crippen molar-refractivity contribution in [2.45, 2.75) is 18.9 Å². The number of rotatable bonds is 5. The number of hydrogen-bond donors (Lipinski definition) is 1. The van der Waals surface area contributed by atoms with E-state index in [2.05, 4.69) is 29.4 Å². The Morgan fingerprint density at radius 1 is 1.19 bits per heavy atom. The molecule has 0 aliphatic heterocycles. The predicted molar refractivity (Wildman–Crippen MR) is 86.5 cm³/mol. The van der Waals surface area contributed by atoms with Crippen molar-refractivity contribution in [3.05, 3.63) is 59.7 Å². The minimum atomic E-state index is 0.337. The van der Waals surface area contributed by atoms with E-state index in [9.17, 15) is 0 Å². The molecule has 1 saturated carbocycles. The van der Waals surface area contributed by atoms with Gasteiger partial charge in [-0.25, -0.2) is 0 Å². The monoisotopic (exact) mass is 277 g/mol. The molecule has 21 heavy (non-hydrogen) atoms. The van der Waals surface area contributed by atoms with Crippen LogP contribution in [0, 0.1) is 18.3 Å². The number of methoxy groups -OCH3 is 1. The summed E-state index contributed by atoms with van der Waals surface area (Å²) in [5.41, 5.74) is 3.28. The second-order valence-electron chi connectivity index (χ2n) is 5.46. The topological polar surface area (TPSA) is 21.3 Å². The third-order valence-corrected chi connectivity index (χ3v) is 3.92. The molecule has 2 heteroatoms. The molecule has 0 amide bonds. The molecule has 2 aromatic rings. The highest BCUT2D eigenvalue weighted by Crippen LogP contribution is 2.43. The minimum Gasteiger partial charge on any atom is -0.497 e. The molecule has 0 heterocycles. The molecule has 1 aliphatic rings. The van der Waals surface area contributed by atoms with Crippen molar-refractivity contribution in [3.63, 3.8) is 0 Å². The summed E-state index contributed by atoms with van der Waals surface area (Å²) in [6.45, 7) is 0. The lowest BCUT2D eigenvalue weighted by atomic mass is 10.0. The second-order valence-corrected chi connectivity index (χ2v) is 5.46. The van der Waals surface area contributed by atoms with Gasteiger partial charge in [-0.15, -0.1) is 6.42 Å². The summed E-state index contributed by atoms with van der Waals surface area (Å²) < 4.78 is 5.23. The molecule has 2 nitrogen and oxygen atoms in total. The molecule has 106 valence electrons. The van der Waals surface area contributed by atoms with Crippen molar-refractivity contribution in [1.29, 1.82) is 0 Å². The van der Waals surface area contributed by atoms with Crippen molar-refractivity contribution in [2.75, 3.05) is 12.4 Å². The van der Waals surface area contributed by atoms with E-state index < -0.39 is 0 Å². The zero-order valence-corrected chi connectivity index (χ0v) is 12.2. The zero-order chi connectivity index (χ0) is 14.7. The van der Waals surface area contributed by atoms with E-state index in [4.69, 9.17) is 11.2 Å². The van der Waals surface area contributed by atoms with Gasteiger partial charge >= 0.3 is 0 Å². The minimum absolute atomic E-state index is 0.337. The van der Waals surface area contributed by atoms with E-state index in [-0.39, 0.29) is 0 Å². The fourth-order valence-electron chi connectivity index (χ4n) is 2.59. The van der Waals surface area contributed by atoms with Crippen LogP contribution in [0.2, 0.25) is 0 Å². The summed E-state index contributed by atoms with van der Waals surface area (Å²) in [6.07, 6.45) is 8.03. The Morgan fingerprint density at radius 3 is 2.57 bits per heavy atom. The highest BCUT2D eigenvalue weighted by Gasteiger charge is 2.32. The summed E-state index contributed by atoms with van der Waals surface area (Å²) >= 11 is 0. The number of hydrogen-bond acceptors (Lipinski definition) is 2. The van der Waals surface area contributed by atoms with Crippen molar-refractivity contribution >= 4 is 5.69 Å². The number of benzene rings is 2. The van der Waals surface area contributed by atoms with Gasteiger partial charge < -0.3 is 10.1 Å². The molecule has 1 unspecified atom stereocenters. The molecule has 2 aromatic carbocycles. The van der Waals surface area contributed by atoms with Gasteiger partial charge in [-0.3, -0.25) is 0 Å². The average Bonchev–Trinajstić information content (AvgIpc) is 3.38. The molecule has 1 aliphatic carbocycles. The Hall–Kier alpha value is -2.40. The van der Waals surface area contributed by atoms with Crippen LogP contribution in [0.15, 0.2) is 48.5 Å². The number of terminal acetylenes is 1. The van der Waals surface area contributed by atoms with Crippen molar-refractivity contribution in [3.8, 4) is 18.1 Å². The molecule has 0 bridgehead atoms. The standard InChI is InChI=1S/C19H19NO/c1-3-14-5-4-6-17(13-14)20-19(15-7-8-15)16-9-11-18(21-2)12-10-16/h1,4-6,9-13,15,19-20H,7-8H2,2H3. The molecular formula is C19H19NO. The second kappa shape index (κ2) is 5.93. The summed E-state index contributed by atoms with van der Waals surface area (Å²) in [5.74, 6) is 4.28. The summed E-state index contributed by atoms with van der Waals surface area (Å²) in [4.78, 5) is 0. The lowest BCUT2D eigenvalue weighted by Gasteiger charge is -2.20. The quantitative estimate of drug-likeness (QED) is 0.825. The van der Waals surface area contributed by atoms with Gasteiger partial charge in [0.25, 0.3) is 0 Å². The van der Waals surface area contributed by atoms with E-state index in [0.717, 1.165) is 17.0 Å². The lowest BCUT2D eigenvalue weighted by molar-refractivity contribution is 0.414. The van der Waals surface area contributed by atoms with E-state index in [1.54, 1.807) is 7.11 Å². The lowest BCUT2D eigenvalue weighted by Crippen LogP contribution is -2.12. The first kappa shape index (κ1) is 13.6. The highest BCUT2D eigenvalue weighted by atomic mass is 16.5. The Kier molecular flexibility index (Phi) is 3.83. The van der Waals surface area contributed by atoms with Crippen LogP contribution in [-0.4, -0.2) is 7.11 Å². The van der Waals surface area contributed by atoms with Gasteiger partial charge in [0.1, 0.15) is 5.75 Å². The van der Waals surface area contributed by atoms with Gasteiger partial charge in [-0.2, -0.15) is 0 Å². The third-order valence-electron chi connectivity index (χ3n) is 3.92. The molecule has 3 rings (SSSR count). The van der Waals surface area contributed by atoms with E-state index in [1.165, 1.54) is 18.4 Å². The first-order valence-corrected chi connectivity index (χ1v) is 7.27. The van der Waals surface area contributed by atoms with Crippen LogP contribution in [0.4, 0.5) is 5.69 Å². The zero-order valence-electron chi connectivity index (χ0n) is 12.2. The predicted octanol–water partition coefficient (Wildman–Crippen LogP) is 4.24. The number of ether oxygens (including phenoxy) is 1. The first-order chi connectivity index (χ1) is 10.3. The van der Waals surface area contributed by atoms with E-state index in [1.807, 2.05) is 30.3 Å². The maximum Gasteiger partial charge on any atom is 0.118 e. The summed E-state index contributed by atoms with van der Waals surface area (Å²) in [7, 11) is 1.69. The van der Waals surface area contributed by atoms with Crippen molar-refractivity contribution < 1.29 is 4.74 Å². The average molecular weight is 277 g/mol. The molecular weight excluding hydrogens is 258 g/mol. The van der Waals surface area contributed by atoms with Crippen LogP contribution in [0.25, 0.3) is 0 Å². The fraction of sp³-hybridized carbons (Fsp3) is 0.263. The smallest absolute Gasteiger partial charge is 0.118 e. The molecule has 1 atom stereocenters. The van der Waals surface area contributed by atoms with Crippen LogP contribution in [0.5, 0.6) is 5.75 Å². The summed E-state index contributed by atoms with van der Waals surface area (Å²) in [6, 6.07) is 16.7. The first-order valence-electron chi connectivity index (χ1n) is 7.27. The van der Waals surface area contributed by atoms with E-state index >= 15 is 0 Å². The molecule has 1 fully saturated rings. The van der Waals surface area contributed by atoms with Gasteiger partial charge in [0.05, 0.1) is 13.2 Å². The van der Waals surface area contributed by atoms with Crippen LogP contribution in [-0.2, 0) is 0 Å². The van der Waals surface area contributed by atoms with Gasteiger partial charge in [0.15, 0.2) is 0 Å². The highest BCUT2D eigenvalue weighted by molar-refractivity contribution is 5.52. The SMILES string of the molecule is C#Cc1cccc(NC(c2ccc(OC)cc2)C2CC2)c1. The Morgan fingerprint density at radius 2 is 1.95 bits per heavy atom. The van der Waals surface area contributed by atoms with Crippen molar-refractivity contribution in [2.24, 2.45) is 5.92 Å². The van der Waals surface area contributed by atoms with Crippen LogP contribution < -0.4 is 10.1 Å². The maximum atomic E-state index is 5.47. The summed E-state index contributed by atoms with van der Waals surface area (Å²) in [5, 5.41) is 3.63.